The molecule has 2 heterocycles. The van der Waals surface area contributed by atoms with Crippen molar-refractivity contribution in [2.75, 3.05) is 13.1 Å². The van der Waals surface area contributed by atoms with Crippen LogP contribution < -0.4 is 9.61 Å². The van der Waals surface area contributed by atoms with Gasteiger partial charge in [-0.05, 0) is 37.5 Å². The third kappa shape index (κ3) is 5.13. The minimum absolute atomic E-state index is 0.0184. The number of aromatic nitrogens is 2. The number of alkyl halides is 3. The molecular weight excluding hydrogens is 496 g/mol. The number of hydrazine groups is 1. The molecule has 1 aromatic carbocycles. The van der Waals surface area contributed by atoms with Gasteiger partial charge in [-0.15, -0.1) is 0 Å². The zero-order valence-electron chi connectivity index (χ0n) is 16.7. The lowest BCUT2D eigenvalue weighted by Gasteiger charge is -2.26. The topological polar surface area (TPSA) is 93.5 Å². The van der Waals surface area contributed by atoms with E-state index < -0.39 is 27.4 Å². The molecule has 1 saturated heterocycles. The van der Waals surface area contributed by atoms with Gasteiger partial charge in [0.05, 0.1) is 10.7 Å². The largest absolute Gasteiger partial charge is 0.534 e. The number of piperidine rings is 1. The minimum Gasteiger partial charge on any atom is -0.355 e. The van der Waals surface area contributed by atoms with Crippen LogP contribution in [0, 0.1) is 0 Å². The fourth-order valence-corrected chi connectivity index (χ4v) is 4.15. The molecule has 0 saturated carbocycles. The van der Waals surface area contributed by atoms with Crippen LogP contribution in [0.5, 0.6) is 5.88 Å². The molecule has 1 fully saturated rings. The Balaban J connectivity index is 2.12. The predicted octanol–water partition coefficient (Wildman–Crippen LogP) is 4.10. The molecule has 0 atom stereocenters. The molecule has 14 heteroatoms. The quantitative estimate of drug-likeness (QED) is 0.460. The fourth-order valence-electron chi connectivity index (χ4n) is 3.19. The van der Waals surface area contributed by atoms with Crippen molar-refractivity contribution in [3.63, 3.8) is 0 Å². The second kappa shape index (κ2) is 9.46. The summed E-state index contributed by atoms with van der Waals surface area (Å²) >= 11 is 12.0. The molecule has 32 heavy (non-hydrogen) atoms. The van der Waals surface area contributed by atoms with E-state index in [0.29, 0.717) is 13.1 Å². The molecule has 0 unspecified atom stereocenters. The van der Waals surface area contributed by atoms with E-state index in [0.717, 1.165) is 23.9 Å². The van der Waals surface area contributed by atoms with Crippen molar-refractivity contribution in [2.45, 2.75) is 38.1 Å². The minimum atomic E-state index is -6.05. The summed E-state index contributed by atoms with van der Waals surface area (Å²) in [7, 11) is -6.05. The zero-order valence-corrected chi connectivity index (χ0v) is 19.1. The van der Waals surface area contributed by atoms with Crippen molar-refractivity contribution in [1.82, 2.24) is 20.2 Å². The van der Waals surface area contributed by atoms with Gasteiger partial charge in [-0.2, -0.15) is 31.4 Å². The van der Waals surface area contributed by atoms with E-state index in [2.05, 4.69) is 14.7 Å². The van der Waals surface area contributed by atoms with Crippen LogP contribution >= 0.6 is 23.2 Å². The molecule has 1 aliphatic rings. The van der Waals surface area contributed by atoms with Crippen LogP contribution in [0.3, 0.4) is 0 Å². The number of halogens is 5. The molecule has 1 N–H and O–H groups in total. The zero-order chi connectivity index (χ0) is 23.7. The van der Waals surface area contributed by atoms with Crippen LogP contribution in [0.4, 0.5) is 13.2 Å². The first kappa shape index (κ1) is 24.6. The predicted molar refractivity (Wildman–Crippen MR) is 111 cm³/mol. The molecule has 1 aromatic heterocycles. The van der Waals surface area contributed by atoms with Crippen LogP contribution in [0.15, 0.2) is 18.2 Å². The highest BCUT2D eigenvalue weighted by Crippen LogP contribution is 2.35. The highest BCUT2D eigenvalue weighted by molar-refractivity contribution is 7.88. The maximum Gasteiger partial charge on any atom is 0.534 e. The summed E-state index contributed by atoms with van der Waals surface area (Å²) in [6, 6.07) is 3.99. The van der Waals surface area contributed by atoms with Gasteiger partial charge in [0.15, 0.2) is 5.69 Å². The summed E-state index contributed by atoms with van der Waals surface area (Å²) in [6.07, 6.45) is 2.71. The Hall–Kier alpha value is -2.02. The van der Waals surface area contributed by atoms with Gasteiger partial charge in [-0.3, -0.25) is 10.2 Å². The number of nitrogens with one attached hydrogen (secondary N) is 1. The van der Waals surface area contributed by atoms with Gasteiger partial charge in [0.2, 0.25) is 5.88 Å². The normalized spacial score (nSPS) is 15.6. The molecule has 0 spiro atoms. The van der Waals surface area contributed by atoms with Crippen LogP contribution in [-0.4, -0.2) is 47.7 Å². The Morgan fingerprint density at radius 2 is 1.88 bits per heavy atom. The van der Waals surface area contributed by atoms with E-state index in [9.17, 15) is 26.4 Å². The van der Waals surface area contributed by atoms with Crippen molar-refractivity contribution < 1.29 is 30.6 Å². The van der Waals surface area contributed by atoms with Gasteiger partial charge in [0.1, 0.15) is 0 Å². The number of carbonyl (C=O) groups is 1. The van der Waals surface area contributed by atoms with Gasteiger partial charge in [0.25, 0.3) is 5.91 Å². The Morgan fingerprint density at radius 3 is 2.44 bits per heavy atom. The van der Waals surface area contributed by atoms with E-state index in [-0.39, 0.29) is 33.4 Å². The Labute approximate surface area is 192 Å². The highest BCUT2D eigenvalue weighted by Gasteiger charge is 2.49. The number of hydrogen-bond acceptors (Lipinski definition) is 6. The summed E-state index contributed by atoms with van der Waals surface area (Å²) in [5.41, 5.74) is -3.46. The first-order valence-corrected chi connectivity index (χ1v) is 11.7. The number of benzene rings is 1. The standard InChI is InChI=1S/C18H19Cl2F3N4O4S/c1-2-12-15(16(28)25-26-8-4-3-5-9-26)24-27(14-7-6-11(19)10-13(14)20)17(12)31-32(29,30)18(21,22)23/h6-7,10H,2-5,8-9H2,1H3,(H,25,28). The Kier molecular flexibility index (Phi) is 7.28. The molecule has 0 aliphatic carbocycles. The van der Waals surface area contributed by atoms with Gasteiger partial charge in [0, 0.05) is 23.7 Å². The van der Waals surface area contributed by atoms with Crippen molar-refractivity contribution in [3.8, 4) is 11.6 Å². The fraction of sp³-hybridized carbons (Fsp3) is 0.444. The summed E-state index contributed by atoms with van der Waals surface area (Å²) in [4.78, 5) is 12.9. The molecule has 0 radical (unpaired) electrons. The lowest BCUT2D eigenvalue weighted by Crippen LogP contribution is -2.45. The van der Waals surface area contributed by atoms with Crippen molar-refractivity contribution in [2.24, 2.45) is 0 Å². The van der Waals surface area contributed by atoms with Crippen molar-refractivity contribution in [3.05, 3.63) is 39.5 Å². The first-order valence-electron chi connectivity index (χ1n) is 9.58. The average Bonchev–Trinajstić information content (AvgIpc) is 3.05. The molecule has 1 amide bonds. The molecule has 0 bridgehead atoms. The van der Waals surface area contributed by atoms with Gasteiger partial charge in [-0.25, -0.2) is 5.01 Å². The summed E-state index contributed by atoms with van der Waals surface area (Å²) in [5, 5.41) is 5.93. The Bertz CT molecular complexity index is 1120. The van der Waals surface area contributed by atoms with E-state index in [1.807, 2.05) is 0 Å². The maximum atomic E-state index is 13.0. The van der Waals surface area contributed by atoms with E-state index in [4.69, 9.17) is 23.2 Å². The molecule has 176 valence electrons. The highest BCUT2D eigenvalue weighted by atomic mass is 35.5. The monoisotopic (exact) mass is 514 g/mol. The maximum absolute atomic E-state index is 13.0. The third-order valence-electron chi connectivity index (χ3n) is 4.73. The Morgan fingerprint density at radius 1 is 1.22 bits per heavy atom. The van der Waals surface area contributed by atoms with Crippen molar-refractivity contribution >= 4 is 39.2 Å². The number of hydrogen-bond donors (Lipinski definition) is 1. The van der Waals surface area contributed by atoms with Gasteiger partial charge >= 0.3 is 15.6 Å². The second-order valence-corrected chi connectivity index (χ2v) is 9.35. The summed E-state index contributed by atoms with van der Waals surface area (Å²) in [5.74, 6) is -1.49. The summed E-state index contributed by atoms with van der Waals surface area (Å²) < 4.78 is 67.8. The second-order valence-electron chi connectivity index (χ2n) is 6.97. The number of carbonyl (C=O) groups excluding carboxylic acids is 1. The number of nitrogens with zero attached hydrogens (tertiary/aromatic N) is 3. The van der Waals surface area contributed by atoms with Crippen LogP contribution in [0.2, 0.25) is 10.0 Å². The first-order chi connectivity index (χ1) is 14.9. The van der Waals surface area contributed by atoms with Crippen molar-refractivity contribution in [1.29, 1.82) is 0 Å². The number of amides is 1. The van der Waals surface area contributed by atoms with Crippen LogP contribution in [-0.2, 0) is 16.5 Å². The van der Waals surface area contributed by atoms with Gasteiger partial charge in [-0.1, -0.05) is 36.5 Å². The van der Waals surface area contributed by atoms with Gasteiger partial charge < -0.3 is 4.18 Å². The molecule has 3 rings (SSSR count). The van der Waals surface area contributed by atoms with Crippen LogP contribution in [0.25, 0.3) is 5.69 Å². The average molecular weight is 515 g/mol. The lowest BCUT2D eigenvalue weighted by atomic mass is 10.1. The van der Waals surface area contributed by atoms with E-state index in [1.54, 1.807) is 5.01 Å². The van der Waals surface area contributed by atoms with E-state index >= 15 is 0 Å². The van der Waals surface area contributed by atoms with Crippen LogP contribution in [0.1, 0.15) is 42.2 Å². The molecular formula is C18H19Cl2F3N4O4S. The third-order valence-corrected chi connectivity index (χ3v) is 6.21. The van der Waals surface area contributed by atoms with E-state index in [1.165, 1.54) is 25.1 Å². The summed E-state index contributed by atoms with van der Waals surface area (Å²) in [6.45, 7) is 2.72. The molecule has 1 aliphatic heterocycles. The molecule has 8 nitrogen and oxygen atoms in total. The smallest absolute Gasteiger partial charge is 0.355 e. The number of rotatable bonds is 6. The lowest BCUT2D eigenvalue weighted by molar-refractivity contribution is -0.0502. The molecule has 2 aromatic rings. The SMILES string of the molecule is CCc1c(C(=O)NN2CCCCC2)nn(-c2ccc(Cl)cc2Cl)c1OS(=O)(=O)C(F)(F)F.